The number of methoxy groups -OCH3 is 1. The molecule has 1 heterocycles. The van der Waals surface area contributed by atoms with Gasteiger partial charge in [-0.3, -0.25) is 4.79 Å². The van der Waals surface area contributed by atoms with E-state index < -0.39 is 11.7 Å². The Labute approximate surface area is 134 Å². The van der Waals surface area contributed by atoms with Gasteiger partial charge in [0.1, 0.15) is 22.9 Å². The van der Waals surface area contributed by atoms with Crippen molar-refractivity contribution < 1.29 is 13.9 Å². The molecule has 2 aromatic rings. The maximum absolute atomic E-state index is 13.8. The van der Waals surface area contributed by atoms with Gasteiger partial charge in [0, 0.05) is 19.3 Å². The average Bonchev–Trinajstić information content (AvgIpc) is 2.55. The van der Waals surface area contributed by atoms with Crippen LogP contribution in [0.3, 0.4) is 0 Å². The second-order valence-corrected chi connectivity index (χ2v) is 5.07. The number of pyridine rings is 1. The maximum Gasteiger partial charge on any atom is 0.258 e. The Kier molecular flexibility index (Phi) is 5.91. The lowest BCUT2D eigenvalue weighted by Crippen LogP contribution is -2.27. The number of anilines is 1. The quantitative estimate of drug-likeness (QED) is 0.771. The number of amides is 1. The summed E-state index contributed by atoms with van der Waals surface area (Å²) in [4.78, 5) is 16.3. The van der Waals surface area contributed by atoms with Gasteiger partial charge < -0.3 is 15.4 Å². The highest BCUT2D eigenvalue weighted by molar-refractivity contribution is 5.97. The molecular weight excluding hydrogens is 297 g/mol. The molecular formula is C17H20FN3O2. The molecule has 122 valence electrons. The molecule has 1 amide bonds. The lowest BCUT2D eigenvalue weighted by atomic mass is 10.1. The number of rotatable bonds is 7. The molecule has 0 aliphatic carbocycles. The van der Waals surface area contributed by atoms with Crippen LogP contribution in [0.5, 0.6) is 5.75 Å². The summed E-state index contributed by atoms with van der Waals surface area (Å²) in [6.45, 7) is 3.06. The molecule has 0 bridgehead atoms. The van der Waals surface area contributed by atoms with Crippen molar-refractivity contribution in [3.8, 4) is 5.75 Å². The first-order valence-corrected chi connectivity index (χ1v) is 7.39. The fourth-order valence-electron chi connectivity index (χ4n) is 2.06. The fourth-order valence-corrected chi connectivity index (χ4v) is 2.06. The number of aromatic nitrogens is 1. The number of halogens is 1. The van der Waals surface area contributed by atoms with E-state index in [9.17, 15) is 9.18 Å². The zero-order valence-corrected chi connectivity index (χ0v) is 13.2. The summed E-state index contributed by atoms with van der Waals surface area (Å²) < 4.78 is 18.8. The van der Waals surface area contributed by atoms with Gasteiger partial charge in [0.15, 0.2) is 0 Å². The van der Waals surface area contributed by atoms with Gasteiger partial charge in [-0.1, -0.05) is 12.1 Å². The van der Waals surface area contributed by atoms with Crippen LogP contribution in [-0.4, -0.2) is 31.1 Å². The Morgan fingerprint density at radius 1 is 1.26 bits per heavy atom. The minimum Gasteiger partial charge on any atom is -0.496 e. The number of nitrogens with zero attached hydrogens (tertiary/aromatic N) is 1. The summed E-state index contributed by atoms with van der Waals surface area (Å²) in [5.74, 6) is -0.0561. The molecule has 0 unspecified atom stereocenters. The predicted octanol–water partition coefficient (Wildman–Crippen LogP) is 2.77. The number of benzene rings is 1. The van der Waals surface area contributed by atoms with Crippen LogP contribution in [0.2, 0.25) is 0 Å². The van der Waals surface area contributed by atoms with E-state index in [0.717, 1.165) is 11.4 Å². The van der Waals surface area contributed by atoms with Crippen molar-refractivity contribution in [2.45, 2.75) is 13.3 Å². The largest absolute Gasteiger partial charge is 0.496 e. The number of aryl methyl sites for hydroxylation is 1. The molecule has 0 aliphatic rings. The van der Waals surface area contributed by atoms with Gasteiger partial charge in [0.25, 0.3) is 5.91 Å². The van der Waals surface area contributed by atoms with E-state index in [-0.39, 0.29) is 11.3 Å². The van der Waals surface area contributed by atoms with Crippen LogP contribution >= 0.6 is 0 Å². The van der Waals surface area contributed by atoms with Gasteiger partial charge in [-0.15, -0.1) is 0 Å². The smallest absolute Gasteiger partial charge is 0.258 e. The molecule has 1 aromatic heterocycles. The summed E-state index contributed by atoms with van der Waals surface area (Å²) in [5, 5.41) is 5.85. The molecule has 0 spiro atoms. The summed E-state index contributed by atoms with van der Waals surface area (Å²) in [6.07, 6.45) is 2.48. The Bertz CT molecular complexity index is 659. The highest BCUT2D eigenvalue weighted by Crippen LogP contribution is 2.20. The fraction of sp³-hybridized carbons (Fsp3) is 0.294. The molecule has 0 atom stereocenters. The van der Waals surface area contributed by atoms with Crippen molar-refractivity contribution in [1.82, 2.24) is 10.3 Å². The van der Waals surface area contributed by atoms with Crippen LogP contribution in [0.1, 0.15) is 22.3 Å². The summed E-state index contributed by atoms with van der Waals surface area (Å²) in [5.41, 5.74) is 1.03. The number of hydrogen-bond donors (Lipinski definition) is 2. The third-order valence-corrected chi connectivity index (χ3v) is 3.28. The Hall–Kier alpha value is -2.63. The highest BCUT2D eigenvalue weighted by atomic mass is 19.1. The molecule has 0 aliphatic heterocycles. The molecule has 5 nitrogen and oxygen atoms in total. The van der Waals surface area contributed by atoms with Crippen LogP contribution in [0.4, 0.5) is 10.2 Å². The van der Waals surface area contributed by atoms with Crippen LogP contribution in [-0.2, 0) is 0 Å². The van der Waals surface area contributed by atoms with Gasteiger partial charge in [-0.25, -0.2) is 9.37 Å². The Balaban J connectivity index is 1.78. The molecule has 0 radical (unpaired) electrons. The van der Waals surface area contributed by atoms with Crippen molar-refractivity contribution in [3.63, 3.8) is 0 Å². The average molecular weight is 317 g/mol. The normalized spacial score (nSPS) is 10.2. The van der Waals surface area contributed by atoms with E-state index >= 15 is 0 Å². The number of hydrogen-bond acceptors (Lipinski definition) is 4. The molecule has 0 saturated carbocycles. The number of nitrogens with one attached hydrogen (secondary N) is 2. The summed E-state index contributed by atoms with van der Waals surface area (Å²) in [7, 11) is 1.41. The Morgan fingerprint density at radius 2 is 2.09 bits per heavy atom. The van der Waals surface area contributed by atoms with E-state index in [4.69, 9.17) is 4.74 Å². The van der Waals surface area contributed by atoms with Crippen molar-refractivity contribution in [2.75, 3.05) is 25.5 Å². The molecule has 6 heteroatoms. The first kappa shape index (κ1) is 16.7. The van der Waals surface area contributed by atoms with Crippen LogP contribution < -0.4 is 15.4 Å². The first-order chi connectivity index (χ1) is 11.1. The zero-order valence-electron chi connectivity index (χ0n) is 13.2. The van der Waals surface area contributed by atoms with Gasteiger partial charge in [-0.2, -0.15) is 0 Å². The van der Waals surface area contributed by atoms with Crippen molar-refractivity contribution in [3.05, 3.63) is 53.5 Å². The van der Waals surface area contributed by atoms with Crippen LogP contribution in [0.25, 0.3) is 0 Å². The van der Waals surface area contributed by atoms with Gasteiger partial charge in [0.05, 0.1) is 7.11 Å². The lowest BCUT2D eigenvalue weighted by Gasteiger charge is -2.10. The SMILES string of the molecule is COc1cccc(F)c1C(=O)NCCCNc1ccc(C)cn1. The topological polar surface area (TPSA) is 63.2 Å². The minimum atomic E-state index is -0.594. The number of ether oxygens (including phenoxy) is 1. The molecule has 0 saturated heterocycles. The van der Waals surface area contributed by atoms with Gasteiger partial charge >= 0.3 is 0 Å². The molecule has 0 fully saturated rings. The highest BCUT2D eigenvalue weighted by Gasteiger charge is 2.16. The predicted molar refractivity (Wildman–Crippen MR) is 87.4 cm³/mol. The van der Waals surface area contributed by atoms with Crippen LogP contribution in [0, 0.1) is 12.7 Å². The van der Waals surface area contributed by atoms with E-state index in [1.54, 1.807) is 12.3 Å². The van der Waals surface area contributed by atoms with E-state index in [1.807, 2.05) is 19.1 Å². The third-order valence-electron chi connectivity index (χ3n) is 3.28. The standard InChI is InChI=1S/C17H20FN3O2/c1-12-7-8-15(21-11-12)19-9-4-10-20-17(22)16-13(18)5-3-6-14(16)23-2/h3,5-8,11H,4,9-10H2,1-2H3,(H,19,21)(H,20,22). The zero-order chi connectivity index (χ0) is 16.7. The van der Waals surface area contributed by atoms with E-state index in [1.165, 1.54) is 19.2 Å². The minimum absolute atomic E-state index is 0.0665. The second-order valence-electron chi connectivity index (χ2n) is 5.07. The van der Waals surface area contributed by atoms with Crippen molar-refractivity contribution in [2.24, 2.45) is 0 Å². The van der Waals surface area contributed by atoms with Gasteiger partial charge in [0.2, 0.25) is 0 Å². The van der Waals surface area contributed by atoms with Crippen LogP contribution in [0.15, 0.2) is 36.5 Å². The monoisotopic (exact) mass is 317 g/mol. The molecule has 2 N–H and O–H groups in total. The van der Waals surface area contributed by atoms with Gasteiger partial charge in [-0.05, 0) is 37.1 Å². The van der Waals surface area contributed by atoms with Crippen molar-refractivity contribution >= 4 is 11.7 Å². The summed E-state index contributed by atoms with van der Waals surface area (Å²) >= 11 is 0. The third kappa shape index (κ3) is 4.67. The summed E-state index contributed by atoms with van der Waals surface area (Å²) in [6, 6.07) is 8.17. The second kappa shape index (κ2) is 8.12. The van der Waals surface area contributed by atoms with E-state index in [2.05, 4.69) is 15.6 Å². The first-order valence-electron chi connectivity index (χ1n) is 7.39. The molecule has 1 aromatic carbocycles. The molecule has 2 rings (SSSR count). The number of carbonyl (C=O) groups is 1. The maximum atomic E-state index is 13.8. The Morgan fingerprint density at radius 3 is 2.78 bits per heavy atom. The van der Waals surface area contributed by atoms with Crippen molar-refractivity contribution in [1.29, 1.82) is 0 Å². The lowest BCUT2D eigenvalue weighted by molar-refractivity contribution is 0.0946. The van der Waals surface area contributed by atoms with E-state index in [0.29, 0.717) is 19.5 Å². The number of carbonyl (C=O) groups excluding carboxylic acids is 1. The molecule has 23 heavy (non-hydrogen) atoms.